The number of aliphatic carboxylic acids is 1. The number of hydrogen-bond donors (Lipinski definition) is 2. The number of carbonyl (C=O) groups excluding carboxylic acids is 1. The van der Waals surface area contributed by atoms with Crippen molar-refractivity contribution in [3.05, 3.63) is 11.0 Å². The zero-order valence-corrected chi connectivity index (χ0v) is 9.66. The van der Waals surface area contributed by atoms with Crippen molar-refractivity contribution in [2.75, 3.05) is 5.75 Å². The molecule has 0 fully saturated rings. The minimum Gasteiger partial charge on any atom is -0.480 e. The number of allylic oxidation sites excluding steroid dienone is 1. The lowest BCUT2D eigenvalue weighted by Crippen LogP contribution is -2.41. The minimum atomic E-state index is -5.47. The molecule has 0 aliphatic rings. The summed E-state index contributed by atoms with van der Waals surface area (Å²) in [7, 11) is 0. The molecular formula is C8H8F5NO3S. The van der Waals surface area contributed by atoms with Crippen LogP contribution in [0.5, 0.6) is 0 Å². The first-order valence-corrected chi connectivity index (χ1v) is 5.29. The van der Waals surface area contributed by atoms with E-state index in [4.69, 9.17) is 5.11 Å². The van der Waals surface area contributed by atoms with Gasteiger partial charge in [0.15, 0.2) is 5.16 Å². The summed E-state index contributed by atoms with van der Waals surface area (Å²) < 4.78 is 60.2. The molecule has 0 aliphatic carbocycles. The number of nitrogens with one attached hydrogen (secondary N) is 1. The maximum Gasteiger partial charge on any atom is 0.446 e. The summed E-state index contributed by atoms with van der Waals surface area (Å²) in [5, 5.41) is 8.23. The summed E-state index contributed by atoms with van der Waals surface area (Å²) >= 11 is -0.288. The maximum atomic E-state index is 12.7. The van der Waals surface area contributed by atoms with E-state index >= 15 is 0 Å². The summed E-state index contributed by atoms with van der Waals surface area (Å²) in [5.41, 5.74) is 0. The monoisotopic (exact) mass is 293 g/mol. The first kappa shape index (κ1) is 16.7. The van der Waals surface area contributed by atoms with E-state index in [1.165, 1.54) is 0 Å². The first-order valence-electron chi connectivity index (χ1n) is 4.31. The van der Waals surface area contributed by atoms with Gasteiger partial charge in [0.2, 0.25) is 11.7 Å². The maximum absolute atomic E-state index is 12.7. The second-order valence-electron chi connectivity index (χ2n) is 2.99. The molecule has 0 radical (unpaired) electrons. The molecule has 0 saturated heterocycles. The molecule has 1 atom stereocenters. The van der Waals surface area contributed by atoms with Crippen LogP contribution in [0.2, 0.25) is 0 Å². The van der Waals surface area contributed by atoms with Gasteiger partial charge in [-0.25, -0.2) is 4.79 Å². The number of amides is 1. The van der Waals surface area contributed by atoms with Crippen molar-refractivity contribution in [3.63, 3.8) is 0 Å². The predicted molar refractivity (Wildman–Crippen MR) is 53.0 cm³/mol. The number of carboxylic acid groups (broad SMARTS) is 1. The molecule has 0 aromatic carbocycles. The Morgan fingerprint density at radius 3 is 2.17 bits per heavy atom. The summed E-state index contributed by atoms with van der Waals surface area (Å²) in [6, 6.07) is -1.61. The van der Waals surface area contributed by atoms with Crippen LogP contribution < -0.4 is 5.32 Å². The van der Waals surface area contributed by atoms with Gasteiger partial charge >= 0.3 is 12.1 Å². The highest BCUT2D eigenvalue weighted by atomic mass is 32.2. The van der Waals surface area contributed by atoms with Gasteiger partial charge in [0.1, 0.15) is 6.04 Å². The molecule has 0 saturated carbocycles. The lowest BCUT2D eigenvalue weighted by Gasteiger charge is -2.12. The van der Waals surface area contributed by atoms with E-state index in [0.29, 0.717) is 0 Å². The van der Waals surface area contributed by atoms with Crippen LogP contribution in [-0.2, 0) is 9.59 Å². The fourth-order valence-corrected chi connectivity index (χ4v) is 1.53. The van der Waals surface area contributed by atoms with E-state index in [1.54, 1.807) is 0 Å². The average Bonchev–Trinajstić information content (AvgIpc) is 2.20. The summed E-state index contributed by atoms with van der Waals surface area (Å²) in [6.45, 7) is 0.975. The second kappa shape index (κ2) is 6.57. The van der Waals surface area contributed by atoms with Gasteiger partial charge in [-0.1, -0.05) is 11.8 Å². The van der Waals surface area contributed by atoms with Gasteiger partial charge in [0, 0.05) is 12.7 Å². The number of alkyl halides is 3. The Morgan fingerprint density at radius 1 is 1.33 bits per heavy atom. The normalized spacial score (nSPS) is 14.8. The molecule has 104 valence electrons. The Bertz CT molecular complexity index is 368. The van der Waals surface area contributed by atoms with Gasteiger partial charge in [-0.05, 0) is 0 Å². The number of rotatable bonds is 5. The SMILES string of the molecule is CC(=O)N[C@@H](CSC(F)=C(F)C(F)(F)F)C(=O)O. The summed E-state index contributed by atoms with van der Waals surface area (Å²) in [4.78, 5) is 21.1. The average molecular weight is 293 g/mol. The van der Waals surface area contributed by atoms with Gasteiger partial charge in [0.05, 0.1) is 0 Å². The minimum absolute atomic E-state index is 0.288. The molecule has 1 amide bonds. The molecule has 0 aromatic heterocycles. The largest absolute Gasteiger partial charge is 0.480 e. The van der Waals surface area contributed by atoms with Crippen LogP contribution in [0.15, 0.2) is 11.0 Å². The lowest BCUT2D eigenvalue weighted by atomic mass is 10.3. The van der Waals surface area contributed by atoms with Crippen LogP contribution in [0.1, 0.15) is 6.92 Å². The third-order valence-corrected chi connectivity index (χ3v) is 2.41. The van der Waals surface area contributed by atoms with Crippen molar-refractivity contribution < 1.29 is 36.6 Å². The highest BCUT2D eigenvalue weighted by Gasteiger charge is 2.38. The molecule has 18 heavy (non-hydrogen) atoms. The van der Waals surface area contributed by atoms with Crippen LogP contribution in [0.25, 0.3) is 0 Å². The van der Waals surface area contributed by atoms with E-state index in [1.807, 2.05) is 5.32 Å². The van der Waals surface area contributed by atoms with Crippen LogP contribution >= 0.6 is 11.8 Å². The third-order valence-electron chi connectivity index (χ3n) is 1.47. The number of hydrogen-bond acceptors (Lipinski definition) is 3. The van der Waals surface area contributed by atoms with Crippen molar-refractivity contribution in [3.8, 4) is 0 Å². The van der Waals surface area contributed by atoms with Crippen molar-refractivity contribution in [1.82, 2.24) is 5.32 Å². The Balaban J connectivity index is 4.63. The van der Waals surface area contributed by atoms with Crippen molar-refractivity contribution >= 4 is 23.6 Å². The first-order chi connectivity index (χ1) is 8.05. The van der Waals surface area contributed by atoms with E-state index in [9.17, 15) is 31.5 Å². The van der Waals surface area contributed by atoms with Crippen molar-refractivity contribution in [2.45, 2.75) is 19.1 Å². The molecule has 0 aliphatic heterocycles. The molecule has 2 N–H and O–H groups in total. The van der Waals surface area contributed by atoms with Crippen LogP contribution in [0.3, 0.4) is 0 Å². The van der Waals surface area contributed by atoms with Crippen molar-refractivity contribution in [2.24, 2.45) is 0 Å². The van der Waals surface area contributed by atoms with Crippen LogP contribution in [0, 0.1) is 0 Å². The fourth-order valence-electron chi connectivity index (χ4n) is 0.751. The topological polar surface area (TPSA) is 66.4 Å². The smallest absolute Gasteiger partial charge is 0.446 e. The lowest BCUT2D eigenvalue weighted by molar-refractivity contribution is -0.140. The Morgan fingerprint density at radius 2 is 1.83 bits per heavy atom. The Kier molecular flexibility index (Phi) is 6.09. The van der Waals surface area contributed by atoms with Gasteiger partial charge < -0.3 is 10.4 Å². The number of thioether (sulfide) groups is 1. The number of halogens is 5. The molecule has 4 nitrogen and oxygen atoms in total. The molecule has 0 unspecified atom stereocenters. The Hall–Kier alpha value is -1.32. The standard InChI is InChI=1S/C8H8F5NO3S/c1-3(15)14-4(7(16)17)2-18-6(10)5(9)8(11,12)13/h4H,2H2,1H3,(H,14,15)(H,16,17)/t4-/m0/s1. The summed E-state index contributed by atoms with van der Waals surface area (Å²) in [6.07, 6.45) is -5.47. The highest BCUT2D eigenvalue weighted by molar-refractivity contribution is 8.02. The van der Waals surface area contributed by atoms with Crippen molar-refractivity contribution in [1.29, 1.82) is 0 Å². The predicted octanol–water partition coefficient (Wildman–Crippen LogP) is 1.98. The van der Waals surface area contributed by atoms with E-state index < -0.39 is 40.8 Å². The van der Waals surface area contributed by atoms with Gasteiger partial charge in [0.25, 0.3) is 0 Å². The quantitative estimate of drug-likeness (QED) is 0.761. The molecule has 0 aromatic rings. The zero-order valence-electron chi connectivity index (χ0n) is 8.85. The van der Waals surface area contributed by atoms with Gasteiger partial charge in [-0.15, -0.1) is 0 Å². The molecule has 10 heteroatoms. The highest BCUT2D eigenvalue weighted by Crippen LogP contribution is 2.34. The third kappa shape index (κ3) is 5.84. The van der Waals surface area contributed by atoms with E-state index in [0.717, 1.165) is 6.92 Å². The van der Waals surface area contributed by atoms with E-state index in [-0.39, 0.29) is 11.8 Å². The molecular weight excluding hydrogens is 285 g/mol. The molecule has 0 heterocycles. The van der Waals surface area contributed by atoms with Gasteiger partial charge in [-0.2, -0.15) is 22.0 Å². The molecule has 0 spiro atoms. The number of carbonyl (C=O) groups is 2. The number of carboxylic acids is 1. The zero-order chi connectivity index (χ0) is 14.5. The van der Waals surface area contributed by atoms with E-state index in [2.05, 4.69) is 0 Å². The second-order valence-corrected chi connectivity index (χ2v) is 3.97. The van der Waals surface area contributed by atoms with Gasteiger partial charge in [-0.3, -0.25) is 4.79 Å². The fraction of sp³-hybridized carbons (Fsp3) is 0.500. The van der Waals surface area contributed by atoms with Crippen LogP contribution in [0.4, 0.5) is 22.0 Å². The molecule has 0 bridgehead atoms. The Labute approximate surface area is 102 Å². The summed E-state index contributed by atoms with van der Waals surface area (Å²) in [5.74, 6) is -6.04. The molecule has 0 rings (SSSR count). The van der Waals surface area contributed by atoms with Crippen LogP contribution in [-0.4, -0.2) is 35.0 Å².